The topological polar surface area (TPSA) is 57.4 Å². The lowest BCUT2D eigenvalue weighted by atomic mass is 10.1. The van der Waals surface area contributed by atoms with Crippen LogP contribution in [0.3, 0.4) is 0 Å². The summed E-state index contributed by atoms with van der Waals surface area (Å²) in [5.74, 6) is 1.58. The summed E-state index contributed by atoms with van der Waals surface area (Å²) in [7, 11) is 1.58. The number of aromatic nitrogens is 1. The summed E-state index contributed by atoms with van der Waals surface area (Å²) >= 11 is 5.04. The second-order valence-electron chi connectivity index (χ2n) is 3.93. The van der Waals surface area contributed by atoms with E-state index in [-0.39, 0.29) is 4.99 Å². The van der Waals surface area contributed by atoms with E-state index in [1.165, 1.54) is 0 Å². The molecule has 98 valence electrons. The first kappa shape index (κ1) is 13.3. The van der Waals surface area contributed by atoms with Gasteiger partial charge in [0.2, 0.25) is 5.88 Å². The Morgan fingerprint density at radius 1 is 1.21 bits per heavy atom. The third-order valence-corrected chi connectivity index (χ3v) is 2.85. The van der Waals surface area contributed by atoms with Gasteiger partial charge < -0.3 is 15.2 Å². The maximum atomic E-state index is 5.77. The Morgan fingerprint density at radius 3 is 2.53 bits per heavy atom. The number of benzene rings is 1. The normalized spacial score (nSPS) is 10.0. The highest BCUT2D eigenvalue weighted by Crippen LogP contribution is 2.32. The molecule has 0 saturated heterocycles. The summed E-state index contributed by atoms with van der Waals surface area (Å²) in [6.07, 6.45) is 1.65. The Labute approximate surface area is 117 Å². The van der Waals surface area contributed by atoms with Crippen molar-refractivity contribution in [3.05, 3.63) is 47.7 Å². The third-order valence-electron chi connectivity index (χ3n) is 2.65. The highest BCUT2D eigenvalue weighted by atomic mass is 32.1. The quantitative estimate of drug-likeness (QED) is 0.869. The Morgan fingerprint density at radius 2 is 1.89 bits per heavy atom. The fourth-order valence-electron chi connectivity index (χ4n) is 1.72. The predicted molar refractivity (Wildman–Crippen MR) is 77.9 cm³/mol. The van der Waals surface area contributed by atoms with Gasteiger partial charge >= 0.3 is 0 Å². The van der Waals surface area contributed by atoms with Crippen LogP contribution < -0.4 is 15.2 Å². The van der Waals surface area contributed by atoms with E-state index in [0.717, 1.165) is 5.56 Å². The van der Waals surface area contributed by atoms with Crippen LogP contribution in [0.4, 0.5) is 0 Å². The maximum Gasteiger partial charge on any atom is 0.229 e. The number of para-hydroxylation sites is 2. The summed E-state index contributed by atoms with van der Waals surface area (Å²) < 4.78 is 11.0. The minimum Gasteiger partial charge on any atom is -0.493 e. The number of nitrogens with zero attached hydrogens (tertiary/aromatic N) is 1. The highest BCUT2D eigenvalue weighted by Gasteiger charge is 2.13. The van der Waals surface area contributed by atoms with E-state index in [1.54, 1.807) is 19.4 Å². The number of aryl methyl sites for hydroxylation is 1. The molecule has 0 unspecified atom stereocenters. The smallest absolute Gasteiger partial charge is 0.229 e. The van der Waals surface area contributed by atoms with Gasteiger partial charge in [0.05, 0.1) is 12.7 Å². The minimum absolute atomic E-state index is 0.260. The molecule has 0 radical (unpaired) electrons. The summed E-state index contributed by atoms with van der Waals surface area (Å²) in [6.45, 7) is 1.91. The molecule has 0 aliphatic rings. The van der Waals surface area contributed by atoms with Gasteiger partial charge in [-0.15, -0.1) is 0 Å². The van der Waals surface area contributed by atoms with Crippen molar-refractivity contribution in [3.8, 4) is 17.4 Å². The van der Waals surface area contributed by atoms with Crippen molar-refractivity contribution in [2.24, 2.45) is 5.73 Å². The zero-order chi connectivity index (χ0) is 13.8. The molecule has 0 bridgehead atoms. The molecular formula is C14H14N2O2S. The molecular weight excluding hydrogens is 260 g/mol. The standard InChI is InChI=1S/C14H14N2O2S/c1-9-7-8-16-14(12(9)13(15)19)18-11-6-4-3-5-10(11)17-2/h3-8H,1-2H3,(H2,15,19). The average molecular weight is 274 g/mol. The Hall–Kier alpha value is -2.14. The van der Waals surface area contributed by atoms with Gasteiger partial charge in [-0.2, -0.15) is 0 Å². The number of methoxy groups -OCH3 is 1. The SMILES string of the molecule is COc1ccccc1Oc1nccc(C)c1C(N)=S. The number of pyridine rings is 1. The molecule has 2 rings (SSSR count). The molecule has 0 saturated carbocycles. The lowest BCUT2D eigenvalue weighted by Crippen LogP contribution is -2.13. The minimum atomic E-state index is 0.260. The molecule has 4 nitrogen and oxygen atoms in total. The van der Waals surface area contributed by atoms with Crippen LogP contribution in [0.15, 0.2) is 36.5 Å². The van der Waals surface area contributed by atoms with E-state index >= 15 is 0 Å². The van der Waals surface area contributed by atoms with E-state index in [9.17, 15) is 0 Å². The summed E-state index contributed by atoms with van der Waals surface area (Å²) in [5, 5.41) is 0. The fraction of sp³-hybridized carbons (Fsp3) is 0.143. The Balaban J connectivity index is 2.44. The van der Waals surface area contributed by atoms with Crippen LogP contribution in [0.2, 0.25) is 0 Å². The zero-order valence-electron chi connectivity index (χ0n) is 10.7. The molecule has 1 heterocycles. The van der Waals surface area contributed by atoms with Crippen molar-refractivity contribution in [1.29, 1.82) is 0 Å². The van der Waals surface area contributed by atoms with Gasteiger partial charge in [-0.3, -0.25) is 0 Å². The molecule has 0 amide bonds. The predicted octanol–water partition coefficient (Wildman–Crippen LogP) is 2.83. The second-order valence-corrected chi connectivity index (χ2v) is 4.37. The van der Waals surface area contributed by atoms with Gasteiger partial charge in [-0.25, -0.2) is 4.98 Å². The number of rotatable bonds is 4. The number of ether oxygens (including phenoxy) is 2. The van der Waals surface area contributed by atoms with Crippen molar-refractivity contribution >= 4 is 17.2 Å². The van der Waals surface area contributed by atoms with Crippen LogP contribution in [0.5, 0.6) is 17.4 Å². The van der Waals surface area contributed by atoms with Crippen molar-refractivity contribution in [2.75, 3.05) is 7.11 Å². The Kier molecular flexibility index (Phi) is 3.97. The van der Waals surface area contributed by atoms with Gasteiger partial charge in [-0.05, 0) is 30.7 Å². The fourth-order valence-corrected chi connectivity index (χ4v) is 1.97. The molecule has 5 heteroatoms. The molecule has 0 fully saturated rings. The van der Waals surface area contributed by atoms with Crippen LogP contribution >= 0.6 is 12.2 Å². The molecule has 2 N–H and O–H groups in total. The summed E-state index contributed by atoms with van der Waals surface area (Å²) in [5.41, 5.74) is 7.29. The molecule has 0 aliphatic carbocycles. The van der Waals surface area contributed by atoms with Crippen molar-refractivity contribution in [2.45, 2.75) is 6.92 Å². The van der Waals surface area contributed by atoms with Crippen LogP contribution in [0, 0.1) is 6.92 Å². The van der Waals surface area contributed by atoms with E-state index in [2.05, 4.69) is 4.98 Å². The summed E-state index contributed by atoms with van der Waals surface area (Å²) in [4.78, 5) is 4.45. The molecule has 19 heavy (non-hydrogen) atoms. The van der Waals surface area contributed by atoms with Gasteiger partial charge in [0.15, 0.2) is 11.5 Å². The largest absolute Gasteiger partial charge is 0.493 e. The molecule has 0 aliphatic heterocycles. The first-order chi connectivity index (χ1) is 9.13. The molecule has 0 atom stereocenters. The van der Waals surface area contributed by atoms with E-state index in [0.29, 0.717) is 22.9 Å². The first-order valence-corrected chi connectivity index (χ1v) is 6.10. The number of hydrogen-bond donors (Lipinski definition) is 1. The first-order valence-electron chi connectivity index (χ1n) is 5.69. The number of hydrogen-bond acceptors (Lipinski definition) is 4. The van der Waals surface area contributed by atoms with E-state index in [1.807, 2.05) is 31.2 Å². The van der Waals surface area contributed by atoms with Crippen LogP contribution in [-0.2, 0) is 0 Å². The average Bonchev–Trinajstić information content (AvgIpc) is 2.39. The molecule has 0 spiro atoms. The van der Waals surface area contributed by atoms with Crippen LogP contribution in [0.1, 0.15) is 11.1 Å². The van der Waals surface area contributed by atoms with Gasteiger partial charge in [0.25, 0.3) is 0 Å². The number of thiocarbonyl (C=S) groups is 1. The Bertz CT molecular complexity index is 614. The van der Waals surface area contributed by atoms with Gasteiger partial charge in [-0.1, -0.05) is 24.4 Å². The third kappa shape index (κ3) is 2.82. The lowest BCUT2D eigenvalue weighted by Gasteiger charge is -2.13. The van der Waals surface area contributed by atoms with Gasteiger partial charge in [0, 0.05) is 6.20 Å². The van der Waals surface area contributed by atoms with Crippen LogP contribution in [0.25, 0.3) is 0 Å². The zero-order valence-corrected chi connectivity index (χ0v) is 11.5. The van der Waals surface area contributed by atoms with Gasteiger partial charge in [0.1, 0.15) is 4.99 Å². The number of nitrogens with two attached hydrogens (primary N) is 1. The van der Waals surface area contributed by atoms with Crippen LogP contribution in [-0.4, -0.2) is 17.1 Å². The highest BCUT2D eigenvalue weighted by molar-refractivity contribution is 7.80. The van der Waals surface area contributed by atoms with E-state index in [4.69, 9.17) is 27.4 Å². The van der Waals surface area contributed by atoms with Crippen molar-refractivity contribution in [3.63, 3.8) is 0 Å². The molecule has 1 aromatic carbocycles. The van der Waals surface area contributed by atoms with Crippen molar-refractivity contribution < 1.29 is 9.47 Å². The molecule has 1 aromatic heterocycles. The maximum absolute atomic E-state index is 5.77. The lowest BCUT2D eigenvalue weighted by molar-refractivity contribution is 0.374. The molecule has 2 aromatic rings. The monoisotopic (exact) mass is 274 g/mol. The summed E-state index contributed by atoms with van der Waals surface area (Å²) in [6, 6.07) is 9.17. The van der Waals surface area contributed by atoms with Crippen molar-refractivity contribution in [1.82, 2.24) is 4.98 Å². The second kappa shape index (κ2) is 5.67. The van der Waals surface area contributed by atoms with E-state index < -0.39 is 0 Å².